The molecule has 1 saturated heterocycles. The molecule has 2 bridgehead atoms. The first kappa shape index (κ1) is 15.6. The van der Waals surface area contributed by atoms with Crippen LogP contribution in [-0.2, 0) is 11.8 Å². The van der Waals surface area contributed by atoms with Crippen LogP contribution in [0.25, 0.3) is 11.0 Å². The van der Waals surface area contributed by atoms with E-state index in [0.717, 1.165) is 48.8 Å². The highest BCUT2D eigenvalue weighted by Gasteiger charge is 2.42. The monoisotopic (exact) mass is 347 g/mol. The van der Waals surface area contributed by atoms with Gasteiger partial charge >= 0.3 is 0 Å². The molecule has 5 rings (SSSR count). The van der Waals surface area contributed by atoms with Crippen LogP contribution in [0, 0.1) is 0 Å². The van der Waals surface area contributed by atoms with Crippen molar-refractivity contribution in [2.24, 2.45) is 0 Å². The maximum Gasteiger partial charge on any atom is 0.254 e. The molecule has 2 unspecified atom stereocenters. The summed E-state index contributed by atoms with van der Waals surface area (Å²) in [6.45, 7) is 3.21. The number of piperidine rings is 1. The van der Waals surface area contributed by atoms with Crippen molar-refractivity contribution in [1.82, 2.24) is 14.9 Å². The van der Waals surface area contributed by atoms with Gasteiger partial charge in [0.2, 0.25) is 0 Å². The van der Waals surface area contributed by atoms with Crippen molar-refractivity contribution in [2.45, 2.75) is 44.1 Å². The van der Waals surface area contributed by atoms with Gasteiger partial charge in [-0.15, -0.1) is 0 Å². The van der Waals surface area contributed by atoms with E-state index in [0.29, 0.717) is 6.04 Å². The van der Waals surface area contributed by atoms with Crippen LogP contribution in [0.4, 0.5) is 0 Å². The number of aryl methyl sites for hydroxylation is 1. The van der Waals surface area contributed by atoms with Gasteiger partial charge in [0, 0.05) is 19.6 Å². The molecule has 1 N–H and O–H groups in total. The summed E-state index contributed by atoms with van der Waals surface area (Å²) in [6.07, 6.45) is 5.86. The molecule has 0 radical (unpaired) electrons. The Kier molecular flexibility index (Phi) is 3.42. The van der Waals surface area contributed by atoms with E-state index in [2.05, 4.69) is 46.1 Å². The SMILES string of the molecule is CC12CCN(C(=O)c3ccc4nc[nH]c4c3)C(CCc3ccccc31)C2.[HH]. The summed E-state index contributed by atoms with van der Waals surface area (Å²) < 4.78 is 0. The van der Waals surface area contributed by atoms with Gasteiger partial charge in [-0.1, -0.05) is 31.2 Å². The van der Waals surface area contributed by atoms with Gasteiger partial charge < -0.3 is 9.88 Å². The zero-order valence-corrected chi connectivity index (χ0v) is 15.0. The maximum atomic E-state index is 13.2. The highest BCUT2D eigenvalue weighted by Crippen LogP contribution is 2.43. The smallest absolute Gasteiger partial charge is 0.254 e. The van der Waals surface area contributed by atoms with Gasteiger partial charge in [-0.3, -0.25) is 4.79 Å². The number of carbonyl (C=O) groups excluding carboxylic acids is 1. The number of fused-ring (bicyclic) bond motifs is 5. The third-order valence-electron chi connectivity index (χ3n) is 6.37. The second kappa shape index (κ2) is 5.70. The molecule has 3 aromatic rings. The van der Waals surface area contributed by atoms with Gasteiger partial charge in [-0.05, 0) is 60.4 Å². The molecule has 1 aliphatic heterocycles. The van der Waals surface area contributed by atoms with Crippen molar-refractivity contribution < 1.29 is 6.22 Å². The Labute approximate surface area is 154 Å². The van der Waals surface area contributed by atoms with Crippen LogP contribution in [-0.4, -0.2) is 33.4 Å². The van der Waals surface area contributed by atoms with Crippen LogP contribution in [0.15, 0.2) is 48.8 Å². The molecule has 2 atom stereocenters. The number of rotatable bonds is 1. The normalized spacial score (nSPS) is 25.0. The molecule has 2 aromatic carbocycles. The summed E-state index contributed by atoms with van der Waals surface area (Å²) in [5.74, 6) is 0.152. The third-order valence-corrected chi connectivity index (χ3v) is 6.37. The number of likely N-dealkylation sites (tertiary alicyclic amines) is 1. The molecular weight excluding hydrogens is 322 g/mol. The lowest BCUT2D eigenvalue weighted by Gasteiger charge is -2.44. The van der Waals surface area contributed by atoms with Crippen molar-refractivity contribution in [3.8, 4) is 0 Å². The third kappa shape index (κ3) is 2.36. The predicted molar refractivity (Wildman–Crippen MR) is 104 cm³/mol. The van der Waals surface area contributed by atoms with Crippen LogP contribution < -0.4 is 0 Å². The highest BCUT2D eigenvalue weighted by atomic mass is 16.2. The summed E-state index contributed by atoms with van der Waals surface area (Å²) >= 11 is 0. The number of aromatic amines is 1. The summed E-state index contributed by atoms with van der Waals surface area (Å²) in [5.41, 5.74) is 5.72. The molecule has 4 heteroatoms. The molecule has 0 saturated carbocycles. The first-order valence-corrected chi connectivity index (χ1v) is 9.47. The number of imidazole rings is 1. The van der Waals surface area contributed by atoms with Crippen LogP contribution in [0.5, 0.6) is 0 Å². The van der Waals surface area contributed by atoms with Gasteiger partial charge in [-0.2, -0.15) is 0 Å². The summed E-state index contributed by atoms with van der Waals surface area (Å²) in [4.78, 5) is 22.7. The van der Waals surface area contributed by atoms with Crippen molar-refractivity contribution in [3.05, 3.63) is 65.5 Å². The molecule has 26 heavy (non-hydrogen) atoms. The molecule has 4 nitrogen and oxygen atoms in total. The second-order valence-corrected chi connectivity index (χ2v) is 8.00. The number of nitrogens with one attached hydrogen (secondary N) is 1. The minimum atomic E-state index is 0. The number of benzene rings is 2. The van der Waals surface area contributed by atoms with Gasteiger partial charge in [0.05, 0.1) is 17.4 Å². The van der Waals surface area contributed by atoms with Crippen molar-refractivity contribution in [2.75, 3.05) is 6.54 Å². The zero-order valence-electron chi connectivity index (χ0n) is 15.0. The molecule has 2 heterocycles. The fourth-order valence-corrected chi connectivity index (χ4v) is 4.94. The van der Waals surface area contributed by atoms with Gasteiger partial charge in [0.25, 0.3) is 5.91 Å². The number of nitrogens with zero attached hydrogens (tertiary/aromatic N) is 2. The summed E-state index contributed by atoms with van der Waals surface area (Å²) in [6, 6.07) is 14.9. The van der Waals surface area contributed by atoms with E-state index in [4.69, 9.17) is 0 Å². The lowest BCUT2D eigenvalue weighted by atomic mass is 9.72. The van der Waals surface area contributed by atoms with Gasteiger partial charge in [-0.25, -0.2) is 4.98 Å². The average Bonchev–Trinajstić information content (AvgIpc) is 3.10. The Morgan fingerprint density at radius 3 is 3.12 bits per heavy atom. The van der Waals surface area contributed by atoms with Crippen molar-refractivity contribution >= 4 is 16.9 Å². The van der Waals surface area contributed by atoms with E-state index in [1.807, 2.05) is 18.2 Å². The Balaban J connectivity index is 0.00000180. The quantitative estimate of drug-likeness (QED) is 0.713. The van der Waals surface area contributed by atoms with E-state index in [1.54, 1.807) is 6.33 Å². The number of hydrogen-bond acceptors (Lipinski definition) is 2. The predicted octanol–water partition coefficient (Wildman–Crippen LogP) is 4.32. The molecule has 1 fully saturated rings. The molecule has 0 spiro atoms. The number of carbonyl (C=O) groups is 1. The zero-order chi connectivity index (χ0) is 17.7. The highest BCUT2D eigenvalue weighted by molar-refractivity contribution is 5.97. The van der Waals surface area contributed by atoms with Crippen LogP contribution >= 0.6 is 0 Å². The van der Waals surface area contributed by atoms with Crippen LogP contribution in [0.1, 0.15) is 49.1 Å². The van der Waals surface area contributed by atoms with E-state index in [9.17, 15) is 4.79 Å². The fourth-order valence-electron chi connectivity index (χ4n) is 4.94. The van der Waals surface area contributed by atoms with Crippen LogP contribution in [0.3, 0.4) is 0 Å². The Morgan fingerprint density at radius 1 is 1.31 bits per heavy atom. The summed E-state index contributed by atoms with van der Waals surface area (Å²) in [5, 5.41) is 0. The topological polar surface area (TPSA) is 49.0 Å². The minimum Gasteiger partial charge on any atom is -0.345 e. The number of amides is 1. The number of hydrogen-bond donors (Lipinski definition) is 1. The van der Waals surface area contributed by atoms with Crippen molar-refractivity contribution in [3.63, 3.8) is 0 Å². The maximum absolute atomic E-state index is 13.2. The largest absolute Gasteiger partial charge is 0.345 e. The molecule has 1 aliphatic carbocycles. The molecule has 2 aliphatic rings. The van der Waals surface area contributed by atoms with E-state index >= 15 is 0 Å². The number of aromatic nitrogens is 2. The van der Waals surface area contributed by atoms with E-state index in [-0.39, 0.29) is 12.7 Å². The molecule has 1 amide bonds. The summed E-state index contributed by atoms with van der Waals surface area (Å²) in [7, 11) is 0. The van der Waals surface area contributed by atoms with Gasteiger partial charge in [0.15, 0.2) is 0 Å². The molecule has 134 valence electrons. The first-order valence-electron chi connectivity index (χ1n) is 9.47. The Bertz CT molecular complexity index is 998. The van der Waals surface area contributed by atoms with Gasteiger partial charge in [0.1, 0.15) is 0 Å². The minimum absolute atomic E-state index is 0. The second-order valence-electron chi connectivity index (χ2n) is 8.00. The first-order chi connectivity index (χ1) is 12.6. The Hall–Kier alpha value is -2.62. The lowest BCUT2D eigenvalue weighted by molar-refractivity contribution is 0.0519. The van der Waals surface area contributed by atoms with Crippen molar-refractivity contribution in [1.29, 1.82) is 0 Å². The average molecular weight is 347 g/mol. The molecular formula is C22H25N3O. The standard InChI is InChI=1S/C22H23N3O.H2/c1-22-10-11-25(17(13-22)8-6-15-4-2-3-5-18(15)22)21(26)16-7-9-19-20(12-16)24-14-23-19;/h2-5,7,9,12,14,17H,6,8,10-11,13H2,1H3,(H,23,24);1H. The van der Waals surface area contributed by atoms with E-state index < -0.39 is 0 Å². The lowest BCUT2D eigenvalue weighted by Crippen LogP contribution is -2.49. The molecule has 1 aromatic heterocycles. The Morgan fingerprint density at radius 2 is 2.19 bits per heavy atom. The van der Waals surface area contributed by atoms with E-state index in [1.165, 1.54) is 11.1 Å². The fraction of sp³-hybridized carbons (Fsp3) is 0.364. The van der Waals surface area contributed by atoms with Crippen LogP contribution in [0.2, 0.25) is 0 Å². The number of H-pyrrole nitrogens is 1.